The smallest absolute Gasteiger partial charge is 0.0991 e. The highest BCUT2D eigenvalue weighted by Gasteiger charge is 2.09. The molecule has 0 amide bonds. The third-order valence-corrected chi connectivity index (χ3v) is 6.42. The lowest BCUT2D eigenvalue weighted by Gasteiger charge is -2.12. The summed E-state index contributed by atoms with van der Waals surface area (Å²) in [6, 6.07) is 33.4. The van der Waals surface area contributed by atoms with Crippen molar-refractivity contribution in [2.45, 2.75) is 0 Å². The number of aromatic nitrogens is 2. The van der Waals surface area contributed by atoms with Crippen LogP contribution in [0.25, 0.3) is 59.5 Å². The molecular weight excluding hydrogens is 376 g/mol. The van der Waals surface area contributed by atoms with Gasteiger partial charge in [0.05, 0.1) is 12.0 Å². The molecule has 0 saturated heterocycles. The Balaban J connectivity index is 1.60. The Hall–Kier alpha value is -4.17. The Morgan fingerprint density at radius 2 is 1.10 bits per heavy atom. The summed E-state index contributed by atoms with van der Waals surface area (Å²) >= 11 is 0. The second-order valence-corrected chi connectivity index (χ2v) is 8.23. The number of nitrogens with zero attached hydrogens (tertiary/aromatic N) is 2. The van der Waals surface area contributed by atoms with Gasteiger partial charge >= 0.3 is 0 Å². The molecule has 144 valence electrons. The molecule has 1 aromatic heterocycles. The van der Waals surface area contributed by atoms with Gasteiger partial charge < -0.3 is 4.57 Å². The SMILES string of the molecule is c1ccc2cc3cc4c(ccc5cc6cccc(-n7ccnc7)c6cc54)cc3cc2c1. The largest absolute Gasteiger partial charge is 0.306 e. The van der Waals surface area contributed by atoms with Gasteiger partial charge in [0.1, 0.15) is 0 Å². The molecule has 0 atom stereocenters. The Morgan fingerprint density at radius 3 is 1.84 bits per heavy atom. The van der Waals surface area contributed by atoms with Gasteiger partial charge in [-0.15, -0.1) is 0 Å². The Labute approximate surface area is 179 Å². The second-order valence-electron chi connectivity index (χ2n) is 8.23. The predicted octanol–water partition coefficient (Wildman–Crippen LogP) is 7.64. The molecule has 0 aliphatic carbocycles. The lowest BCUT2D eigenvalue weighted by atomic mass is 9.94. The van der Waals surface area contributed by atoms with E-state index in [0.717, 1.165) is 5.69 Å². The minimum absolute atomic E-state index is 1.15. The summed E-state index contributed by atoms with van der Waals surface area (Å²) in [5.41, 5.74) is 1.15. The number of hydrogen-bond acceptors (Lipinski definition) is 1. The molecule has 0 fully saturated rings. The summed E-state index contributed by atoms with van der Waals surface area (Å²) in [6.07, 6.45) is 5.69. The van der Waals surface area contributed by atoms with E-state index in [2.05, 4.69) is 101 Å². The number of hydrogen-bond donors (Lipinski definition) is 0. The normalized spacial score (nSPS) is 11.9. The van der Waals surface area contributed by atoms with Gasteiger partial charge in [-0.3, -0.25) is 0 Å². The molecule has 7 rings (SSSR count). The van der Waals surface area contributed by atoms with Crippen LogP contribution >= 0.6 is 0 Å². The van der Waals surface area contributed by atoms with Crippen molar-refractivity contribution in [3.8, 4) is 5.69 Å². The van der Waals surface area contributed by atoms with Crippen LogP contribution in [-0.4, -0.2) is 9.55 Å². The molecule has 1 heterocycles. The van der Waals surface area contributed by atoms with Crippen molar-refractivity contribution in [3.63, 3.8) is 0 Å². The zero-order valence-corrected chi connectivity index (χ0v) is 16.8. The quantitative estimate of drug-likeness (QED) is 0.207. The summed E-state index contributed by atoms with van der Waals surface area (Å²) in [4.78, 5) is 4.24. The van der Waals surface area contributed by atoms with E-state index >= 15 is 0 Å². The molecule has 2 heteroatoms. The standard InChI is InChI=1S/C29H18N2/c1-2-5-20-13-25-16-26-23(15-24(25)12-19(20)4-1)9-8-22-14-21-6-3-7-29(28(21)17-27(22)26)31-11-10-30-18-31/h1-18H. The number of rotatable bonds is 1. The minimum Gasteiger partial charge on any atom is -0.306 e. The average Bonchev–Trinajstić information content (AvgIpc) is 3.34. The Morgan fingerprint density at radius 1 is 0.484 bits per heavy atom. The Kier molecular flexibility index (Phi) is 3.30. The van der Waals surface area contributed by atoms with Crippen LogP contribution in [-0.2, 0) is 0 Å². The van der Waals surface area contributed by atoms with Gasteiger partial charge in [-0.1, -0.05) is 48.5 Å². The van der Waals surface area contributed by atoms with Gasteiger partial charge in [0, 0.05) is 17.8 Å². The van der Waals surface area contributed by atoms with Gasteiger partial charge in [-0.25, -0.2) is 4.98 Å². The number of imidazole rings is 1. The van der Waals surface area contributed by atoms with Crippen molar-refractivity contribution in [2.24, 2.45) is 0 Å². The van der Waals surface area contributed by atoms with Gasteiger partial charge in [-0.05, 0) is 90.9 Å². The molecule has 0 aliphatic rings. The molecule has 0 N–H and O–H groups in total. The minimum atomic E-state index is 1.15. The first-order chi connectivity index (χ1) is 15.3. The fraction of sp³-hybridized carbons (Fsp3) is 0. The molecule has 31 heavy (non-hydrogen) atoms. The first-order valence-corrected chi connectivity index (χ1v) is 10.5. The molecule has 0 radical (unpaired) electrons. The van der Waals surface area contributed by atoms with Crippen LogP contribution in [0.1, 0.15) is 0 Å². The van der Waals surface area contributed by atoms with E-state index in [4.69, 9.17) is 0 Å². The van der Waals surface area contributed by atoms with Crippen LogP contribution in [0.5, 0.6) is 0 Å². The van der Waals surface area contributed by atoms with Crippen molar-refractivity contribution < 1.29 is 0 Å². The maximum absolute atomic E-state index is 4.24. The van der Waals surface area contributed by atoms with E-state index in [0.29, 0.717) is 0 Å². The van der Waals surface area contributed by atoms with Crippen LogP contribution in [0.4, 0.5) is 0 Å². The zero-order valence-electron chi connectivity index (χ0n) is 16.8. The maximum Gasteiger partial charge on any atom is 0.0991 e. The molecule has 0 unspecified atom stereocenters. The molecule has 0 bridgehead atoms. The van der Waals surface area contributed by atoms with E-state index in [1.807, 2.05) is 18.7 Å². The van der Waals surface area contributed by atoms with Crippen molar-refractivity contribution in [2.75, 3.05) is 0 Å². The third-order valence-electron chi connectivity index (χ3n) is 6.42. The summed E-state index contributed by atoms with van der Waals surface area (Å²) in [6.45, 7) is 0. The average molecular weight is 394 g/mol. The fourth-order valence-electron chi connectivity index (χ4n) is 4.88. The molecule has 0 aliphatic heterocycles. The lowest BCUT2D eigenvalue weighted by Crippen LogP contribution is -1.91. The van der Waals surface area contributed by atoms with Gasteiger partial charge in [0.25, 0.3) is 0 Å². The summed E-state index contributed by atoms with van der Waals surface area (Å²) < 4.78 is 2.08. The van der Waals surface area contributed by atoms with Crippen LogP contribution in [0.15, 0.2) is 110 Å². The van der Waals surface area contributed by atoms with E-state index < -0.39 is 0 Å². The predicted molar refractivity (Wildman–Crippen MR) is 131 cm³/mol. The number of benzene rings is 6. The van der Waals surface area contributed by atoms with Crippen LogP contribution < -0.4 is 0 Å². The van der Waals surface area contributed by atoms with E-state index in [9.17, 15) is 0 Å². The summed E-state index contributed by atoms with van der Waals surface area (Å²) in [7, 11) is 0. The highest BCUT2D eigenvalue weighted by Crippen LogP contribution is 2.35. The van der Waals surface area contributed by atoms with Crippen LogP contribution in [0, 0.1) is 0 Å². The van der Waals surface area contributed by atoms with Gasteiger partial charge in [-0.2, -0.15) is 0 Å². The van der Waals surface area contributed by atoms with Gasteiger partial charge in [0.15, 0.2) is 0 Å². The molecule has 0 saturated carbocycles. The molecule has 6 aromatic carbocycles. The van der Waals surface area contributed by atoms with E-state index in [-0.39, 0.29) is 0 Å². The molecule has 0 spiro atoms. The monoisotopic (exact) mass is 394 g/mol. The highest BCUT2D eigenvalue weighted by atomic mass is 15.0. The van der Waals surface area contributed by atoms with E-state index in [1.54, 1.807) is 0 Å². The Bertz CT molecular complexity index is 1780. The van der Waals surface area contributed by atoms with Crippen molar-refractivity contribution in [1.29, 1.82) is 0 Å². The zero-order chi connectivity index (χ0) is 20.4. The van der Waals surface area contributed by atoms with Gasteiger partial charge in [0.2, 0.25) is 0 Å². The van der Waals surface area contributed by atoms with Crippen LogP contribution in [0.3, 0.4) is 0 Å². The summed E-state index contributed by atoms with van der Waals surface area (Å²) in [5.74, 6) is 0. The third kappa shape index (κ3) is 2.48. The molecule has 2 nitrogen and oxygen atoms in total. The lowest BCUT2D eigenvalue weighted by molar-refractivity contribution is 1.07. The summed E-state index contributed by atoms with van der Waals surface area (Å²) in [5, 5.41) is 12.7. The molecular formula is C29H18N2. The van der Waals surface area contributed by atoms with E-state index in [1.165, 1.54) is 53.9 Å². The highest BCUT2D eigenvalue weighted by molar-refractivity contribution is 6.17. The second kappa shape index (κ2) is 6.16. The fourth-order valence-corrected chi connectivity index (χ4v) is 4.88. The van der Waals surface area contributed by atoms with Crippen molar-refractivity contribution in [3.05, 3.63) is 110 Å². The number of fused-ring (bicyclic) bond motifs is 6. The van der Waals surface area contributed by atoms with Crippen molar-refractivity contribution in [1.82, 2.24) is 9.55 Å². The maximum atomic E-state index is 4.24. The van der Waals surface area contributed by atoms with Crippen LogP contribution in [0.2, 0.25) is 0 Å². The molecule has 7 aromatic rings. The first kappa shape index (κ1) is 16.6. The first-order valence-electron chi connectivity index (χ1n) is 10.5. The van der Waals surface area contributed by atoms with Crippen molar-refractivity contribution >= 4 is 53.9 Å². The topological polar surface area (TPSA) is 17.8 Å².